The molecule has 0 atom stereocenters. The predicted octanol–water partition coefficient (Wildman–Crippen LogP) is 2.88. The number of nitro benzene ring substituents is 4. The number of benzene rings is 2. The second kappa shape index (κ2) is 7.83. The number of non-ortho nitro benzene ring substituents is 2. The van der Waals surface area contributed by atoms with Crippen molar-refractivity contribution in [2.24, 2.45) is 0 Å². The number of hydrogen-bond donors (Lipinski definition) is 1. The van der Waals surface area contributed by atoms with E-state index in [1.807, 2.05) is 0 Å². The van der Waals surface area contributed by atoms with Crippen molar-refractivity contribution in [1.82, 2.24) is 0 Å². The molecule has 0 unspecified atom stereocenters. The van der Waals surface area contributed by atoms with Gasteiger partial charge in [-0.15, -0.1) is 0 Å². The van der Waals surface area contributed by atoms with Crippen LogP contribution in [0.15, 0.2) is 36.4 Å². The standard InChI is InChI=1S/C12H7N4O12P/c17-13(18)7-1-3-11(9(5-7)15(21)22)27-29(25,26)28-12-4-2-8(14(19)20)6-10(12)16(23)24/h1-6H,(H,25,26). The van der Waals surface area contributed by atoms with Crippen LogP contribution in [0, 0.1) is 40.5 Å². The maximum absolute atomic E-state index is 12.1. The van der Waals surface area contributed by atoms with Gasteiger partial charge in [0, 0.05) is 12.1 Å². The van der Waals surface area contributed by atoms with Gasteiger partial charge in [-0.1, -0.05) is 0 Å². The maximum atomic E-state index is 12.1. The number of hydrogen-bond acceptors (Lipinski definition) is 11. The van der Waals surface area contributed by atoms with E-state index in [4.69, 9.17) is 0 Å². The predicted molar refractivity (Wildman–Crippen MR) is 90.6 cm³/mol. The van der Waals surface area contributed by atoms with E-state index < -0.39 is 61.8 Å². The summed E-state index contributed by atoms with van der Waals surface area (Å²) >= 11 is 0. The van der Waals surface area contributed by atoms with Gasteiger partial charge in [-0.05, 0) is 12.1 Å². The van der Waals surface area contributed by atoms with Gasteiger partial charge in [-0.2, -0.15) is 0 Å². The van der Waals surface area contributed by atoms with E-state index in [1.54, 1.807) is 0 Å². The van der Waals surface area contributed by atoms with Crippen molar-refractivity contribution in [2.45, 2.75) is 0 Å². The summed E-state index contributed by atoms with van der Waals surface area (Å²) in [6.07, 6.45) is 0. The van der Waals surface area contributed by atoms with Gasteiger partial charge in [-0.3, -0.25) is 45.4 Å². The Bertz CT molecular complexity index is 1010. The molecule has 0 radical (unpaired) electrons. The molecule has 152 valence electrons. The van der Waals surface area contributed by atoms with E-state index >= 15 is 0 Å². The SMILES string of the molecule is O=[N+]([O-])c1ccc(OP(=O)(O)Oc2ccc([N+](=O)[O-])cc2[N+](=O)[O-])c([N+](=O)[O-])c1. The summed E-state index contributed by atoms with van der Waals surface area (Å²) in [5.41, 5.74) is -3.50. The summed E-state index contributed by atoms with van der Waals surface area (Å²) < 4.78 is 21.2. The molecule has 0 heterocycles. The van der Waals surface area contributed by atoms with E-state index in [0.717, 1.165) is 12.1 Å². The lowest BCUT2D eigenvalue weighted by atomic mass is 10.2. The molecule has 29 heavy (non-hydrogen) atoms. The monoisotopic (exact) mass is 430 g/mol. The zero-order valence-corrected chi connectivity index (χ0v) is 14.5. The number of nitro groups is 4. The van der Waals surface area contributed by atoms with Gasteiger partial charge in [0.2, 0.25) is 11.5 Å². The van der Waals surface area contributed by atoms with Crippen molar-refractivity contribution < 1.29 is 38.2 Å². The summed E-state index contributed by atoms with van der Waals surface area (Å²) in [5, 5.41) is 43.4. The molecule has 0 aliphatic heterocycles. The summed E-state index contributed by atoms with van der Waals surface area (Å²) in [5.74, 6) is -1.79. The fourth-order valence-electron chi connectivity index (χ4n) is 1.95. The Kier molecular flexibility index (Phi) is 5.71. The molecule has 0 aliphatic carbocycles. The van der Waals surface area contributed by atoms with Gasteiger partial charge in [0.1, 0.15) is 0 Å². The molecule has 0 fully saturated rings. The third-order valence-electron chi connectivity index (χ3n) is 3.13. The van der Waals surface area contributed by atoms with Crippen LogP contribution < -0.4 is 9.05 Å². The first-order valence-corrected chi connectivity index (χ1v) is 8.48. The van der Waals surface area contributed by atoms with Crippen molar-refractivity contribution >= 4 is 30.6 Å². The minimum absolute atomic E-state index is 0.462. The van der Waals surface area contributed by atoms with E-state index in [-0.39, 0.29) is 0 Å². The zero-order valence-electron chi connectivity index (χ0n) is 13.6. The lowest BCUT2D eigenvalue weighted by molar-refractivity contribution is -0.394. The van der Waals surface area contributed by atoms with Crippen LogP contribution in [0.4, 0.5) is 22.7 Å². The average Bonchev–Trinajstić information content (AvgIpc) is 2.60. The lowest BCUT2D eigenvalue weighted by Gasteiger charge is -2.13. The van der Waals surface area contributed by atoms with Crippen LogP contribution in [-0.4, -0.2) is 24.6 Å². The van der Waals surface area contributed by atoms with Crippen molar-refractivity contribution in [3.05, 3.63) is 76.9 Å². The van der Waals surface area contributed by atoms with Gasteiger partial charge in [0.25, 0.3) is 11.4 Å². The molecular formula is C12H7N4O12P. The minimum Gasteiger partial charge on any atom is -0.388 e. The van der Waals surface area contributed by atoms with Gasteiger partial charge < -0.3 is 9.05 Å². The second-order valence-electron chi connectivity index (χ2n) is 4.98. The summed E-state index contributed by atoms with van der Waals surface area (Å²) in [4.78, 5) is 49.1. The van der Waals surface area contributed by atoms with Crippen LogP contribution in [0.25, 0.3) is 0 Å². The summed E-state index contributed by atoms with van der Waals surface area (Å²) in [6.45, 7) is 0. The Labute approximate surface area is 158 Å². The van der Waals surface area contributed by atoms with Gasteiger partial charge in [-0.25, -0.2) is 4.57 Å². The van der Waals surface area contributed by atoms with Crippen LogP contribution in [0.1, 0.15) is 0 Å². The van der Waals surface area contributed by atoms with Crippen molar-refractivity contribution in [3.8, 4) is 11.5 Å². The molecule has 0 aromatic heterocycles. The van der Waals surface area contributed by atoms with Crippen molar-refractivity contribution in [2.75, 3.05) is 0 Å². The fraction of sp³-hybridized carbons (Fsp3) is 0. The quantitative estimate of drug-likeness (QED) is 0.362. The Morgan fingerprint density at radius 1 is 0.690 bits per heavy atom. The van der Waals surface area contributed by atoms with E-state index in [0.29, 0.717) is 24.3 Å². The highest BCUT2D eigenvalue weighted by Crippen LogP contribution is 2.49. The Balaban J connectivity index is 2.40. The maximum Gasteiger partial charge on any atom is 0.585 e. The number of rotatable bonds is 8. The molecule has 17 heteroatoms. The van der Waals surface area contributed by atoms with Crippen molar-refractivity contribution in [3.63, 3.8) is 0 Å². The van der Waals surface area contributed by atoms with Crippen LogP contribution in [0.2, 0.25) is 0 Å². The average molecular weight is 430 g/mol. The molecule has 0 spiro atoms. The normalized spacial score (nSPS) is 10.8. The molecule has 1 N–H and O–H groups in total. The largest absolute Gasteiger partial charge is 0.585 e. The molecule has 2 aromatic carbocycles. The summed E-state index contributed by atoms with van der Waals surface area (Å²) in [7, 11) is -5.30. The van der Waals surface area contributed by atoms with E-state index in [1.165, 1.54) is 0 Å². The first kappa shape index (κ1) is 21.1. The summed E-state index contributed by atoms with van der Waals surface area (Å²) in [6, 6.07) is 3.74. The molecule has 2 aromatic rings. The second-order valence-corrected chi connectivity index (χ2v) is 6.29. The molecule has 0 saturated heterocycles. The van der Waals surface area contributed by atoms with E-state index in [9.17, 15) is 49.9 Å². The first-order valence-electron chi connectivity index (χ1n) is 6.99. The number of phosphoric acid groups is 1. The highest BCUT2D eigenvalue weighted by Gasteiger charge is 2.34. The smallest absolute Gasteiger partial charge is 0.388 e. The minimum atomic E-state index is -5.30. The Morgan fingerprint density at radius 2 is 1.03 bits per heavy atom. The van der Waals surface area contributed by atoms with Gasteiger partial charge in [0.15, 0.2) is 0 Å². The molecule has 16 nitrogen and oxygen atoms in total. The van der Waals surface area contributed by atoms with E-state index in [2.05, 4.69) is 9.05 Å². The molecule has 0 saturated carbocycles. The van der Waals surface area contributed by atoms with Crippen LogP contribution >= 0.6 is 7.82 Å². The molecule has 0 aliphatic rings. The van der Waals surface area contributed by atoms with Gasteiger partial charge in [0.05, 0.1) is 31.8 Å². The number of phosphoric ester groups is 1. The third-order valence-corrected chi connectivity index (χ3v) is 3.98. The highest BCUT2D eigenvalue weighted by atomic mass is 31.2. The van der Waals surface area contributed by atoms with Crippen LogP contribution in [-0.2, 0) is 4.57 Å². The Hall–Kier alpha value is -4.17. The topological polar surface area (TPSA) is 228 Å². The third kappa shape index (κ3) is 4.96. The number of nitrogens with zero attached hydrogens (tertiary/aromatic N) is 4. The lowest BCUT2D eigenvalue weighted by Crippen LogP contribution is -2.04. The zero-order chi connectivity index (χ0) is 21.9. The molecule has 0 amide bonds. The molecular weight excluding hydrogens is 423 g/mol. The van der Waals surface area contributed by atoms with Crippen molar-refractivity contribution in [1.29, 1.82) is 0 Å². The van der Waals surface area contributed by atoms with Crippen LogP contribution in [0.5, 0.6) is 11.5 Å². The van der Waals surface area contributed by atoms with Gasteiger partial charge >= 0.3 is 19.2 Å². The molecule has 2 rings (SSSR count). The fourth-order valence-corrected chi connectivity index (χ4v) is 2.79. The Morgan fingerprint density at radius 3 is 1.31 bits per heavy atom. The molecule has 0 bridgehead atoms. The first-order chi connectivity index (χ1) is 13.4. The van der Waals surface area contributed by atoms with Crippen LogP contribution in [0.3, 0.4) is 0 Å². The highest BCUT2D eigenvalue weighted by molar-refractivity contribution is 7.48.